The van der Waals surface area contributed by atoms with Gasteiger partial charge in [0.2, 0.25) is 11.7 Å². The van der Waals surface area contributed by atoms with Gasteiger partial charge in [0.05, 0.1) is 11.9 Å². The van der Waals surface area contributed by atoms with Gasteiger partial charge in [-0.1, -0.05) is 28.9 Å². The number of hydrogen-bond acceptors (Lipinski definition) is 6. The van der Waals surface area contributed by atoms with Crippen LogP contribution in [0.25, 0.3) is 11.1 Å². The van der Waals surface area contributed by atoms with E-state index in [1.807, 2.05) is 54.4 Å². The number of carbonyl (C=O) groups is 1. The molecule has 0 radical (unpaired) electrons. The van der Waals surface area contributed by atoms with Crippen LogP contribution >= 0.6 is 11.6 Å². The SMILES string of the molecule is CN(C)c1ncc(-c2ccc(Cl)cc2)c([C@H]2CCCN(C(=O)c3ccno3)C2)n1. The van der Waals surface area contributed by atoms with E-state index in [9.17, 15) is 4.79 Å². The van der Waals surface area contributed by atoms with Gasteiger partial charge in [0.25, 0.3) is 5.91 Å². The van der Waals surface area contributed by atoms with Crippen LogP contribution in [0.4, 0.5) is 5.95 Å². The van der Waals surface area contributed by atoms with Crippen LogP contribution in [0.15, 0.2) is 47.2 Å². The zero-order chi connectivity index (χ0) is 20.4. The van der Waals surface area contributed by atoms with Gasteiger partial charge >= 0.3 is 0 Å². The number of aromatic nitrogens is 3. The molecule has 7 nitrogen and oxygen atoms in total. The smallest absolute Gasteiger partial charge is 0.292 e. The third kappa shape index (κ3) is 4.10. The van der Waals surface area contributed by atoms with E-state index in [1.165, 1.54) is 6.20 Å². The van der Waals surface area contributed by atoms with Crippen molar-refractivity contribution in [2.45, 2.75) is 18.8 Å². The summed E-state index contributed by atoms with van der Waals surface area (Å²) < 4.78 is 5.06. The number of halogens is 1. The largest absolute Gasteiger partial charge is 0.351 e. The number of hydrogen-bond donors (Lipinski definition) is 0. The van der Waals surface area contributed by atoms with E-state index in [-0.39, 0.29) is 17.6 Å². The number of benzene rings is 1. The van der Waals surface area contributed by atoms with Gasteiger partial charge < -0.3 is 14.3 Å². The number of anilines is 1. The monoisotopic (exact) mass is 411 g/mol. The van der Waals surface area contributed by atoms with Crippen LogP contribution in [0.5, 0.6) is 0 Å². The lowest BCUT2D eigenvalue weighted by Crippen LogP contribution is -2.39. The standard InChI is InChI=1S/C21H22ClN5O2/c1-26(2)21-23-12-17(14-5-7-16(22)8-6-14)19(25-21)15-4-3-11-27(13-15)20(28)18-9-10-24-29-18/h5-10,12,15H,3-4,11,13H2,1-2H3/t15-/m0/s1. The van der Waals surface area contributed by atoms with Crippen molar-refractivity contribution in [3.63, 3.8) is 0 Å². The summed E-state index contributed by atoms with van der Waals surface area (Å²) in [6.45, 7) is 1.27. The second kappa shape index (κ2) is 8.21. The Labute approximate surface area is 174 Å². The third-order valence-electron chi connectivity index (χ3n) is 5.10. The van der Waals surface area contributed by atoms with E-state index >= 15 is 0 Å². The lowest BCUT2D eigenvalue weighted by Gasteiger charge is -2.33. The quantitative estimate of drug-likeness (QED) is 0.648. The van der Waals surface area contributed by atoms with Gasteiger partial charge in [-0.05, 0) is 30.5 Å². The lowest BCUT2D eigenvalue weighted by molar-refractivity contribution is 0.0664. The molecule has 3 aromatic rings. The van der Waals surface area contributed by atoms with E-state index < -0.39 is 0 Å². The molecule has 150 valence electrons. The van der Waals surface area contributed by atoms with Crippen LogP contribution in [-0.2, 0) is 0 Å². The molecule has 1 fully saturated rings. The summed E-state index contributed by atoms with van der Waals surface area (Å²) in [5.41, 5.74) is 2.92. The molecule has 1 aromatic carbocycles. The van der Waals surface area contributed by atoms with Gasteiger partial charge in [-0.3, -0.25) is 4.79 Å². The van der Waals surface area contributed by atoms with Crippen molar-refractivity contribution in [3.05, 3.63) is 59.2 Å². The first kappa shape index (κ1) is 19.4. The van der Waals surface area contributed by atoms with Crippen molar-refractivity contribution in [3.8, 4) is 11.1 Å². The van der Waals surface area contributed by atoms with Crippen LogP contribution < -0.4 is 4.90 Å². The molecule has 0 saturated carbocycles. The molecule has 4 rings (SSSR count). The predicted octanol–water partition coefficient (Wildman–Crippen LogP) is 3.87. The second-order valence-electron chi connectivity index (χ2n) is 7.34. The number of nitrogens with zero attached hydrogens (tertiary/aromatic N) is 5. The Morgan fingerprint density at radius 1 is 1.24 bits per heavy atom. The van der Waals surface area contributed by atoms with Gasteiger partial charge in [-0.25, -0.2) is 9.97 Å². The maximum atomic E-state index is 12.7. The maximum Gasteiger partial charge on any atom is 0.292 e. The van der Waals surface area contributed by atoms with Crippen molar-refractivity contribution in [2.75, 3.05) is 32.1 Å². The highest BCUT2D eigenvalue weighted by Gasteiger charge is 2.30. The zero-order valence-electron chi connectivity index (χ0n) is 16.4. The second-order valence-corrected chi connectivity index (χ2v) is 7.77. The summed E-state index contributed by atoms with van der Waals surface area (Å²) in [5, 5.41) is 4.33. The van der Waals surface area contributed by atoms with Crippen LogP contribution in [0.1, 0.15) is 35.0 Å². The molecule has 3 heterocycles. The van der Waals surface area contributed by atoms with Crippen molar-refractivity contribution in [2.24, 2.45) is 0 Å². The molecular formula is C21H22ClN5O2. The summed E-state index contributed by atoms with van der Waals surface area (Å²) in [5.74, 6) is 0.877. The molecule has 2 aromatic heterocycles. The highest BCUT2D eigenvalue weighted by molar-refractivity contribution is 6.30. The van der Waals surface area contributed by atoms with Crippen LogP contribution in [0, 0.1) is 0 Å². The molecule has 0 aliphatic carbocycles. The molecule has 8 heteroatoms. The van der Waals surface area contributed by atoms with E-state index in [1.54, 1.807) is 6.07 Å². The summed E-state index contributed by atoms with van der Waals surface area (Å²) in [6.07, 6.45) is 5.19. The molecule has 29 heavy (non-hydrogen) atoms. The van der Waals surface area contributed by atoms with Crippen molar-refractivity contribution < 1.29 is 9.32 Å². The Balaban J connectivity index is 1.69. The van der Waals surface area contributed by atoms with E-state index in [2.05, 4.69) is 10.1 Å². The number of amides is 1. The van der Waals surface area contributed by atoms with Crippen molar-refractivity contribution in [1.29, 1.82) is 0 Å². The zero-order valence-corrected chi connectivity index (χ0v) is 17.1. The highest BCUT2D eigenvalue weighted by Crippen LogP contribution is 2.34. The molecule has 1 saturated heterocycles. The highest BCUT2D eigenvalue weighted by atomic mass is 35.5. The van der Waals surface area contributed by atoms with Crippen molar-refractivity contribution in [1.82, 2.24) is 20.0 Å². The molecule has 0 unspecified atom stereocenters. The molecule has 0 bridgehead atoms. The topological polar surface area (TPSA) is 75.4 Å². The Hall–Kier alpha value is -2.93. The number of rotatable bonds is 4. The Bertz CT molecular complexity index is 989. The van der Waals surface area contributed by atoms with Crippen LogP contribution in [0.2, 0.25) is 5.02 Å². The Morgan fingerprint density at radius 3 is 2.72 bits per heavy atom. The predicted molar refractivity (Wildman–Crippen MR) is 111 cm³/mol. The summed E-state index contributed by atoms with van der Waals surface area (Å²) in [4.78, 5) is 25.8. The molecule has 1 aliphatic heterocycles. The molecule has 0 N–H and O–H groups in total. The minimum atomic E-state index is -0.137. The van der Waals surface area contributed by atoms with Gasteiger partial charge in [-0.15, -0.1) is 0 Å². The summed E-state index contributed by atoms with van der Waals surface area (Å²) >= 11 is 6.06. The van der Waals surface area contributed by atoms with Gasteiger partial charge in [0.1, 0.15) is 0 Å². The van der Waals surface area contributed by atoms with Crippen molar-refractivity contribution >= 4 is 23.5 Å². The molecular weight excluding hydrogens is 390 g/mol. The van der Waals surface area contributed by atoms with E-state index in [0.717, 1.165) is 29.7 Å². The molecule has 0 spiro atoms. The average molecular weight is 412 g/mol. The fraction of sp³-hybridized carbons (Fsp3) is 0.333. The Morgan fingerprint density at radius 2 is 2.03 bits per heavy atom. The maximum absolute atomic E-state index is 12.7. The minimum Gasteiger partial charge on any atom is -0.351 e. The summed E-state index contributed by atoms with van der Waals surface area (Å²) in [6, 6.07) is 9.27. The van der Waals surface area contributed by atoms with Gasteiger partial charge in [0.15, 0.2) is 0 Å². The normalized spacial score (nSPS) is 16.7. The molecule has 1 amide bonds. The van der Waals surface area contributed by atoms with E-state index in [0.29, 0.717) is 24.1 Å². The fourth-order valence-electron chi connectivity index (χ4n) is 3.63. The van der Waals surface area contributed by atoms with Gasteiger partial charge in [-0.2, -0.15) is 0 Å². The minimum absolute atomic E-state index is 0.1000. The number of carbonyl (C=O) groups excluding carboxylic acids is 1. The molecule has 1 atom stereocenters. The van der Waals surface area contributed by atoms with E-state index in [4.69, 9.17) is 21.1 Å². The summed E-state index contributed by atoms with van der Waals surface area (Å²) in [7, 11) is 3.84. The first-order chi connectivity index (χ1) is 14.0. The van der Waals surface area contributed by atoms with Gasteiger partial charge in [0, 0.05) is 56.0 Å². The first-order valence-electron chi connectivity index (χ1n) is 9.53. The van der Waals surface area contributed by atoms with Crippen LogP contribution in [0.3, 0.4) is 0 Å². The lowest BCUT2D eigenvalue weighted by atomic mass is 9.90. The Kier molecular flexibility index (Phi) is 5.49. The average Bonchev–Trinajstić information content (AvgIpc) is 3.28. The van der Waals surface area contributed by atoms with Crippen LogP contribution in [-0.4, -0.2) is 53.1 Å². The third-order valence-corrected chi connectivity index (χ3v) is 5.36. The fourth-order valence-corrected chi connectivity index (χ4v) is 3.76. The first-order valence-corrected chi connectivity index (χ1v) is 9.91. The number of piperidine rings is 1. The molecule has 1 aliphatic rings. The number of likely N-dealkylation sites (tertiary alicyclic amines) is 1.